The highest BCUT2D eigenvalue weighted by Gasteiger charge is 2.25. The molecule has 28 heavy (non-hydrogen) atoms. The van der Waals surface area contributed by atoms with Crippen LogP contribution in [0.5, 0.6) is 11.5 Å². The monoisotopic (exact) mass is 374 g/mol. The molecular weight excluding hydrogens is 352 g/mol. The van der Waals surface area contributed by atoms with Gasteiger partial charge in [0.2, 0.25) is 12.6 Å². The van der Waals surface area contributed by atoms with Crippen LogP contribution in [0.1, 0.15) is 22.3 Å². The molecule has 2 saturated heterocycles. The van der Waals surface area contributed by atoms with Crippen LogP contribution in [0.4, 0.5) is 0 Å². The number of hydrogen-bond acceptors (Lipinski definition) is 4. The highest BCUT2D eigenvalue weighted by molar-refractivity contribution is 5.39. The highest BCUT2D eigenvalue weighted by atomic mass is 16.8. The Labute approximate surface area is 164 Å². The van der Waals surface area contributed by atoms with Gasteiger partial charge in [-0.2, -0.15) is 0 Å². The fourth-order valence-corrected chi connectivity index (χ4v) is 3.19. The summed E-state index contributed by atoms with van der Waals surface area (Å²) in [6.07, 6.45) is 1.63. The van der Waals surface area contributed by atoms with Crippen LogP contribution in [0.25, 0.3) is 0 Å². The molecule has 0 amide bonds. The van der Waals surface area contributed by atoms with Crippen LogP contribution in [0, 0.1) is 0 Å². The maximum absolute atomic E-state index is 5.83. The zero-order valence-electron chi connectivity index (χ0n) is 15.5. The first-order chi connectivity index (χ1) is 13.8. The average Bonchev–Trinajstić information content (AvgIpc) is 3.64. The molecular formula is C24H22O4. The molecule has 0 spiro atoms. The lowest BCUT2D eigenvalue weighted by atomic mass is 10.00. The van der Waals surface area contributed by atoms with E-state index in [0.29, 0.717) is 13.2 Å². The molecule has 2 fully saturated rings. The fraction of sp³-hybridized carbons (Fsp3) is 0.250. The summed E-state index contributed by atoms with van der Waals surface area (Å²) in [5.41, 5.74) is 5.00. The number of para-hydroxylation sites is 1. The van der Waals surface area contributed by atoms with Gasteiger partial charge < -0.3 is 18.9 Å². The van der Waals surface area contributed by atoms with Gasteiger partial charge in [-0.25, -0.2) is 0 Å². The lowest BCUT2D eigenvalue weighted by Crippen LogP contribution is -2.01. The third kappa shape index (κ3) is 4.53. The van der Waals surface area contributed by atoms with E-state index in [1.807, 2.05) is 30.3 Å². The molecule has 2 aliphatic rings. The Kier molecular flexibility index (Phi) is 4.73. The van der Waals surface area contributed by atoms with Crippen molar-refractivity contribution in [1.29, 1.82) is 0 Å². The molecule has 0 radical (unpaired) electrons. The molecule has 5 rings (SSSR count). The standard InChI is InChI=1S/C24H22O4/c1-2-4-22(28-24-16-26-24)20(3-1)14-19-7-5-17(6-8-19)13-18-9-11-21(12-10-18)27-23-15-25-23/h1-12,23-24H,13-16H2. The lowest BCUT2D eigenvalue weighted by molar-refractivity contribution is 0.178. The minimum atomic E-state index is -0.0721. The Morgan fingerprint density at radius 1 is 0.643 bits per heavy atom. The Morgan fingerprint density at radius 3 is 1.82 bits per heavy atom. The number of ether oxygens (including phenoxy) is 4. The maximum atomic E-state index is 5.83. The second-order valence-electron chi connectivity index (χ2n) is 7.18. The van der Waals surface area contributed by atoms with Crippen molar-refractivity contribution >= 4 is 0 Å². The summed E-state index contributed by atoms with van der Waals surface area (Å²) in [7, 11) is 0. The molecule has 2 unspecified atom stereocenters. The Morgan fingerprint density at radius 2 is 1.18 bits per heavy atom. The first-order valence-electron chi connectivity index (χ1n) is 9.63. The van der Waals surface area contributed by atoms with Crippen molar-refractivity contribution in [3.05, 3.63) is 95.1 Å². The van der Waals surface area contributed by atoms with E-state index in [4.69, 9.17) is 18.9 Å². The number of epoxide rings is 2. The molecule has 2 atom stereocenters. The summed E-state index contributed by atoms with van der Waals surface area (Å²) >= 11 is 0. The minimum absolute atomic E-state index is 0.0503. The molecule has 0 N–H and O–H groups in total. The Hall–Kier alpha value is -2.82. The highest BCUT2D eigenvalue weighted by Crippen LogP contribution is 2.26. The van der Waals surface area contributed by atoms with Crippen LogP contribution in [-0.2, 0) is 22.3 Å². The molecule has 142 valence electrons. The van der Waals surface area contributed by atoms with Gasteiger partial charge in [-0.1, -0.05) is 54.6 Å². The van der Waals surface area contributed by atoms with Gasteiger partial charge in [0.05, 0.1) is 0 Å². The fourth-order valence-electron chi connectivity index (χ4n) is 3.19. The number of rotatable bonds is 8. The van der Waals surface area contributed by atoms with E-state index in [-0.39, 0.29) is 12.6 Å². The molecule has 0 aliphatic carbocycles. The van der Waals surface area contributed by atoms with Crippen LogP contribution in [0.15, 0.2) is 72.8 Å². The van der Waals surface area contributed by atoms with E-state index in [1.165, 1.54) is 22.3 Å². The summed E-state index contributed by atoms with van der Waals surface area (Å²) in [6, 6.07) is 25.2. The molecule has 4 nitrogen and oxygen atoms in total. The van der Waals surface area contributed by atoms with Crippen molar-refractivity contribution < 1.29 is 18.9 Å². The summed E-state index contributed by atoms with van der Waals surface area (Å²) in [5, 5.41) is 0. The van der Waals surface area contributed by atoms with Crippen molar-refractivity contribution in [1.82, 2.24) is 0 Å². The van der Waals surface area contributed by atoms with Gasteiger partial charge in [-0.3, -0.25) is 0 Å². The van der Waals surface area contributed by atoms with Gasteiger partial charge in [0, 0.05) is 6.42 Å². The van der Waals surface area contributed by atoms with Gasteiger partial charge in [0.1, 0.15) is 24.7 Å². The summed E-state index contributed by atoms with van der Waals surface area (Å²) in [4.78, 5) is 0. The van der Waals surface area contributed by atoms with Crippen LogP contribution >= 0.6 is 0 Å². The zero-order chi connectivity index (χ0) is 18.8. The van der Waals surface area contributed by atoms with Crippen molar-refractivity contribution in [2.24, 2.45) is 0 Å². The molecule has 3 aromatic rings. The third-order valence-electron chi connectivity index (χ3n) is 4.85. The number of benzene rings is 3. The van der Waals surface area contributed by atoms with Gasteiger partial charge in [0.15, 0.2) is 0 Å². The minimum Gasteiger partial charge on any atom is -0.462 e. The van der Waals surface area contributed by atoms with Crippen molar-refractivity contribution in [3.63, 3.8) is 0 Å². The second kappa shape index (κ2) is 7.66. The molecule has 2 heterocycles. The van der Waals surface area contributed by atoms with Gasteiger partial charge >= 0.3 is 0 Å². The largest absolute Gasteiger partial charge is 0.462 e. The molecule has 2 aliphatic heterocycles. The van der Waals surface area contributed by atoms with Crippen LogP contribution in [0.3, 0.4) is 0 Å². The van der Waals surface area contributed by atoms with Gasteiger partial charge in [-0.05, 0) is 46.9 Å². The Balaban J connectivity index is 1.22. The van der Waals surface area contributed by atoms with Crippen molar-refractivity contribution in [2.45, 2.75) is 25.4 Å². The molecule has 0 bridgehead atoms. The normalized spacial score (nSPS) is 19.9. The summed E-state index contributed by atoms with van der Waals surface area (Å²) in [6.45, 7) is 1.38. The maximum Gasteiger partial charge on any atom is 0.223 e. The molecule has 0 aromatic heterocycles. The van der Waals surface area contributed by atoms with E-state index in [0.717, 1.165) is 24.3 Å². The van der Waals surface area contributed by atoms with E-state index in [1.54, 1.807) is 0 Å². The first-order valence-corrected chi connectivity index (χ1v) is 9.63. The number of hydrogen-bond donors (Lipinski definition) is 0. The van der Waals surface area contributed by atoms with E-state index in [2.05, 4.69) is 42.5 Å². The van der Waals surface area contributed by atoms with Crippen molar-refractivity contribution in [3.8, 4) is 11.5 Å². The van der Waals surface area contributed by atoms with Gasteiger partial charge in [0.25, 0.3) is 0 Å². The van der Waals surface area contributed by atoms with E-state index >= 15 is 0 Å². The summed E-state index contributed by atoms with van der Waals surface area (Å²) < 4.78 is 21.7. The van der Waals surface area contributed by atoms with Crippen LogP contribution in [0.2, 0.25) is 0 Å². The molecule has 3 aromatic carbocycles. The topological polar surface area (TPSA) is 43.5 Å². The first kappa shape index (κ1) is 17.3. The predicted molar refractivity (Wildman–Crippen MR) is 106 cm³/mol. The van der Waals surface area contributed by atoms with Gasteiger partial charge in [-0.15, -0.1) is 0 Å². The average molecular weight is 374 g/mol. The third-order valence-corrected chi connectivity index (χ3v) is 4.85. The van der Waals surface area contributed by atoms with Crippen LogP contribution in [-0.4, -0.2) is 25.8 Å². The summed E-state index contributed by atoms with van der Waals surface area (Å²) in [5.74, 6) is 1.77. The van der Waals surface area contributed by atoms with E-state index < -0.39 is 0 Å². The predicted octanol–water partition coefficient (Wildman–Crippen LogP) is 4.34. The Bertz CT molecular complexity index is 926. The lowest BCUT2D eigenvalue weighted by Gasteiger charge is -2.10. The quantitative estimate of drug-likeness (QED) is 0.550. The van der Waals surface area contributed by atoms with Crippen molar-refractivity contribution in [2.75, 3.05) is 13.2 Å². The van der Waals surface area contributed by atoms with Crippen LogP contribution < -0.4 is 9.47 Å². The zero-order valence-corrected chi connectivity index (χ0v) is 15.5. The smallest absolute Gasteiger partial charge is 0.223 e. The molecule has 4 heteroatoms. The second-order valence-corrected chi connectivity index (χ2v) is 7.18. The molecule has 0 saturated carbocycles. The van der Waals surface area contributed by atoms with E-state index in [9.17, 15) is 0 Å². The SMILES string of the molecule is c1ccc(OC2CO2)c(Cc2ccc(Cc3ccc(OC4CO4)cc3)cc2)c1.